The molecule has 0 N–H and O–H groups in total. The third kappa shape index (κ3) is 1.11. The number of fused-ring (bicyclic) bond motifs is 1. The van der Waals surface area contributed by atoms with Gasteiger partial charge in [0.1, 0.15) is 0 Å². The monoisotopic (exact) mass is 163 g/mol. The molecule has 1 heterocycles. The SMILES string of the molecule is CC1=C2C(=O)CCCC2=NCC1. The molecule has 0 spiro atoms. The molecule has 1 fully saturated rings. The summed E-state index contributed by atoms with van der Waals surface area (Å²) in [6.45, 7) is 2.95. The van der Waals surface area contributed by atoms with Crippen molar-refractivity contribution < 1.29 is 4.79 Å². The Hall–Kier alpha value is -0.920. The minimum Gasteiger partial charge on any atom is -0.294 e. The molecule has 12 heavy (non-hydrogen) atoms. The predicted molar refractivity (Wildman–Crippen MR) is 48.5 cm³/mol. The van der Waals surface area contributed by atoms with Crippen LogP contribution in [-0.4, -0.2) is 18.0 Å². The summed E-state index contributed by atoms with van der Waals surface area (Å²) in [5.41, 5.74) is 3.30. The van der Waals surface area contributed by atoms with Crippen LogP contribution in [-0.2, 0) is 4.79 Å². The average Bonchev–Trinajstić information content (AvgIpc) is 2.04. The van der Waals surface area contributed by atoms with E-state index in [-0.39, 0.29) is 0 Å². The van der Waals surface area contributed by atoms with Crippen LogP contribution in [0.5, 0.6) is 0 Å². The molecule has 0 bridgehead atoms. The van der Waals surface area contributed by atoms with E-state index in [2.05, 4.69) is 11.9 Å². The maximum Gasteiger partial charge on any atom is 0.164 e. The number of rotatable bonds is 0. The van der Waals surface area contributed by atoms with Crippen LogP contribution in [0.25, 0.3) is 0 Å². The van der Waals surface area contributed by atoms with Gasteiger partial charge >= 0.3 is 0 Å². The first-order valence-electron chi connectivity index (χ1n) is 4.55. The molecule has 1 aliphatic carbocycles. The average molecular weight is 163 g/mol. The second-order valence-electron chi connectivity index (χ2n) is 3.51. The fourth-order valence-electron chi connectivity index (χ4n) is 1.95. The number of aliphatic imine (C=N–C) groups is 1. The lowest BCUT2D eigenvalue weighted by molar-refractivity contribution is -0.115. The summed E-state index contributed by atoms with van der Waals surface area (Å²) in [6.07, 6.45) is 3.71. The van der Waals surface area contributed by atoms with Crippen molar-refractivity contribution in [1.82, 2.24) is 0 Å². The van der Waals surface area contributed by atoms with E-state index in [1.165, 1.54) is 5.57 Å². The smallest absolute Gasteiger partial charge is 0.164 e. The molecule has 2 heteroatoms. The lowest BCUT2D eigenvalue weighted by atomic mass is 9.86. The first-order valence-corrected chi connectivity index (χ1v) is 4.55. The van der Waals surface area contributed by atoms with Crippen molar-refractivity contribution in [1.29, 1.82) is 0 Å². The number of Topliss-reactive ketones (excluding diaryl/α,β-unsaturated/α-hetero) is 1. The van der Waals surface area contributed by atoms with Gasteiger partial charge in [-0.15, -0.1) is 0 Å². The zero-order chi connectivity index (χ0) is 8.55. The minimum absolute atomic E-state index is 0.317. The van der Waals surface area contributed by atoms with Crippen molar-refractivity contribution in [2.45, 2.75) is 32.6 Å². The number of carbonyl (C=O) groups is 1. The van der Waals surface area contributed by atoms with Crippen LogP contribution in [0.3, 0.4) is 0 Å². The Morgan fingerprint density at radius 1 is 1.25 bits per heavy atom. The second kappa shape index (κ2) is 2.85. The van der Waals surface area contributed by atoms with Gasteiger partial charge in [-0.2, -0.15) is 0 Å². The van der Waals surface area contributed by atoms with E-state index < -0.39 is 0 Å². The number of ketones is 1. The maximum absolute atomic E-state index is 11.5. The Labute approximate surface area is 72.4 Å². The van der Waals surface area contributed by atoms with Gasteiger partial charge in [-0.3, -0.25) is 9.79 Å². The standard InChI is InChI=1S/C10H13NO/c1-7-5-6-11-8-3-2-4-9(12)10(7)8/h2-6H2,1H3. The number of hydrogen-bond donors (Lipinski definition) is 0. The number of hydrogen-bond acceptors (Lipinski definition) is 2. The molecule has 0 saturated heterocycles. The molecule has 2 rings (SSSR count). The molecule has 0 unspecified atom stereocenters. The van der Waals surface area contributed by atoms with Crippen LogP contribution < -0.4 is 0 Å². The molecule has 0 aromatic heterocycles. The normalized spacial score (nSPS) is 23.8. The van der Waals surface area contributed by atoms with Crippen molar-refractivity contribution >= 4 is 11.5 Å². The van der Waals surface area contributed by atoms with Gasteiger partial charge in [-0.25, -0.2) is 0 Å². The highest BCUT2D eigenvalue weighted by Crippen LogP contribution is 2.25. The summed E-state index contributed by atoms with van der Waals surface area (Å²) in [5, 5.41) is 0. The molecule has 0 aromatic rings. The number of carbonyl (C=O) groups excluding carboxylic acids is 1. The Bertz CT molecular complexity index is 286. The Kier molecular flexibility index (Phi) is 1.83. The molecular weight excluding hydrogens is 150 g/mol. The predicted octanol–water partition coefficient (Wildman–Crippen LogP) is 1.90. The lowest BCUT2D eigenvalue weighted by Gasteiger charge is -2.21. The fourth-order valence-corrected chi connectivity index (χ4v) is 1.95. The van der Waals surface area contributed by atoms with Gasteiger partial charge in [0.25, 0.3) is 0 Å². The van der Waals surface area contributed by atoms with Crippen molar-refractivity contribution in [3.63, 3.8) is 0 Å². The summed E-state index contributed by atoms with van der Waals surface area (Å²) in [4.78, 5) is 15.9. The quantitative estimate of drug-likeness (QED) is 0.536. The van der Waals surface area contributed by atoms with Crippen molar-refractivity contribution in [3.8, 4) is 0 Å². The number of dihydropyridines is 1. The van der Waals surface area contributed by atoms with Crippen LogP contribution in [0, 0.1) is 0 Å². The zero-order valence-corrected chi connectivity index (χ0v) is 7.39. The Balaban J connectivity index is 2.41. The molecule has 1 saturated carbocycles. The minimum atomic E-state index is 0.317. The topological polar surface area (TPSA) is 29.4 Å². The van der Waals surface area contributed by atoms with E-state index in [0.29, 0.717) is 5.78 Å². The van der Waals surface area contributed by atoms with Crippen molar-refractivity contribution in [3.05, 3.63) is 11.1 Å². The molecule has 2 nitrogen and oxygen atoms in total. The molecule has 64 valence electrons. The molecule has 0 amide bonds. The van der Waals surface area contributed by atoms with E-state index in [9.17, 15) is 4.79 Å². The summed E-state index contributed by atoms with van der Waals surface area (Å²) < 4.78 is 0. The molecule has 1 aliphatic heterocycles. The zero-order valence-electron chi connectivity index (χ0n) is 7.39. The van der Waals surface area contributed by atoms with Gasteiger partial charge in [-0.05, 0) is 26.2 Å². The van der Waals surface area contributed by atoms with E-state index >= 15 is 0 Å². The maximum atomic E-state index is 11.5. The van der Waals surface area contributed by atoms with Gasteiger partial charge in [0.05, 0.1) is 0 Å². The van der Waals surface area contributed by atoms with Gasteiger partial charge in [0, 0.05) is 24.3 Å². The third-order valence-electron chi connectivity index (χ3n) is 2.60. The largest absolute Gasteiger partial charge is 0.294 e. The van der Waals surface area contributed by atoms with E-state index in [1.54, 1.807) is 0 Å². The van der Waals surface area contributed by atoms with Gasteiger partial charge in [0.2, 0.25) is 0 Å². The first kappa shape index (κ1) is 7.71. The summed E-state index contributed by atoms with van der Waals surface area (Å²) in [5.74, 6) is 0.317. The van der Waals surface area contributed by atoms with E-state index in [0.717, 1.165) is 43.5 Å². The Morgan fingerprint density at radius 2 is 2.08 bits per heavy atom. The van der Waals surface area contributed by atoms with E-state index in [4.69, 9.17) is 0 Å². The van der Waals surface area contributed by atoms with Gasteiger partial charge in [0.15, 0.2) is 5.78 Å². The first-order chi connectivity index (χ1) is 5.79. The summed E-state index contributed by atoms with van der Waals surface area (Å²) in [7, 11) is 0. The van der Waals surface area contributed by atoms with Crippen LogP contribution in [0.2, 0.25) is 0 Å². The van der Waals surface area contributed by atoms with Crippen LogP contribution in [0.15, 0.2) is 16.1 Å². The molecule has 2 aliphatic rings. The van der Waals surface area contributed by atoms with Gasteiger partial charge < -0.3 is 0 Å². The highest BCUT2D eigenvalue weighted by molar-refractivity contribution is 6.24. The molecule has 0 aromatic carbocycles. The van der Waals surface area contributed by atoms with Crippen LogP contribution in [0.4, 0.5) is 0 Å². The van der Waals surface area contributed by atoms with Crippen molar-refractivity contribution in [2.75, 3.05) is 6.54 Å². The summed E-state index contributed by atoms with van der Waals surface area (Å²) >= 11 is 0. The third-order valence-corrected chi connectivity index (χ3v) is 2.60. The van der Waals surface area contributed by atoms with Crippen molar-refractivity contribution in [2.24, 2.45) is 4.99 Å². The fraction of sp³-hybridized carbons (Fsp3) is 0.600. The van der Waals surface area contributed by atoms with Crippen LogP contribution >= 0.6 is 0 Å². The highest BCUT2D eigenvalue weighted by Gasteiger charge is 2.24. The highest BCUT2D eigenvalue weighted by atomic mass is 16.1. The van der Waals surface area contributed by atoms with Gasteiger partial charge in [-0.1, -0.05) is 5.57 Å². The molecule has 0 radical (unpaired) electrons. The second-order valence-corrected chi connectivity index (χ2v) is 3.51. The number of allylic oxidation sites excluding steroid dienone is 1. The van der Waals surface area contributed by atoms with E-state index in [1.807, 2.05) is 0 Å². The van der Waals surface area contributed by atoms with Crippen LogP contribution in [0.1, 0.15) is 32.6 Å². The molecule has 0 atom stereocenters. The molecular formula is C10H13NO. The lowest BCUT2D eigenvalue weighted by Crippen LogP contribution is -2.23. The Morgan fingerprint density at radius 3 is 2.83 bits per heavy atom. The summed E-state index contributed by atoms with van der Waals surface area (Å²) in [6, 6.07) is 0. The number of nitrogens with zero attached hydrogens (tertiary/aromatic N) is 1.